The molecular formula is C22H21FN2O3S2. The summed E-state index contributed by atoms with van der Waals surface area (Å²) in [5, 5.41) is 1.18. The van der Waals surface area contributed by atoms with Crippen LogP contribution in [0.3, 0.4) is 0 Å². The lowest BCUT2D eigenvalue weighted by atomic mass is 9.62. The Morgan fingerprint density at radius 3 is 2.47 bits per heavy atom. The van der Waals surface area contributed by atoms with Gasteiger partial charge in [-0.25, -0.2) is 4.39 Å². The number of carbonyl (C=O) groups excluding carboxylic acids is 2. The summed E-state index contributed by atoms with van der Waals surface area (Å²) in [6, 6.07) is 5.59. The van der Waals surface area contributed by atoms with Gasteiger partial charge in [0.1, 0.15) is 5.82 Å². The van der Waals surface area contributed by atoms with Gasteiger partial charge in [-0.3, -0.25) is 19.3 Å². The molecule has 156 valence electrons. The summed E-state index contributed by atoms with van der Waals surface area (Å²) in [6.07, 6.45) is 1.78. The maximum atomic E-state index is 13.4. The summed E-state index contributed by atoms with van der Waals surface area (Å²) < 4.78 is 13.4. The number of aromatic nitrogens is 1. The standard InChI is InChI=1S/C22H21FN2O3S2/c1-3-22(2)15-11-8-12(16(15)29-18-17(22)30-21(28)24-18)14-13(11)19(26)25(20(14)27)10-6-4-9(23)5-7-10/h4-7,11-16H,3,8H2,1-2H3,(H,24,28)/t11-,12+,13-,14-,15-,16+,22+/m0/s1. The highest BCUT2D eigenvalue weighted by molar-refractivity contribution is 8.00. The average Bonchev–Trinajstić information content (AvgIpc) is 3.44. The summed E-state index contributed by atoms with van der Waals surface area (Å²) >= 11 is 3.00. The van der Waals surface area contributed by atoms with Crippen LogP contribution in [0, 0.1) is 35.4 Å². The molecule has 1 saturated heterocycles. The number of amides is 2. The van der Waals surface area contributed by atoms with E-state index in [1.165, 1.54) is 40.5 Å². The molecule has 5 nitrogen and oxygen atoms in total. The smallest absolute Gasteiger partial charge is 0.305 e. The van der Waals surface area contributed by atoms with Gasteiger partial charge in [0, 0.05) is 15.5 Å². The van der Waals surface area contributed by atoms with Crippen LogP contribution in [0.15, 0.2) is 34.1 Å². The van der Waals surface area contributed by atoms with Crippen LogP contribution in [0.25, 0.3) is 0 Å². The summed E-state index contributed by atoms with van der Waals surface area (Å²) in [5.74, 6) is -0.770. The third kappa shape index (κ3) is 2.16. The first kappa shape index (κ1) is 18.8. The van der Waals surface area contributed by atoms with E-state index in [9.17, 15) is 18.8 Å². The molecule has 2 bridgehead atoms. The number of hydrogen-bond donors (Lipinski definition) is 1. The van der Waals surface area contributed by atoms with Crippen molar-refractivity contribution < 1.29 is 14.0 Å². The Bertz CT molecular complexity index is 1140. The number of aromatic amines is 1. The molecule has 6 rings (SSSR count). The predicted molar refractivity (Wildman–Crippen MR) is 113 cm³/mol. The van der Waals surface area contributed by atoms with Gasteiger partial charge in [0.25, 0.3) is 0 Å². The van der Waals surface area contributed by atoms with Crippen molar-refractivity contribution in [2.75, 3.05) is 4.90 Å². The van der Waals surface area contributed by atoms with Gasteiger partial charge in [-0.05, 0) is 54.9 Å². The molecule has 30 heavy (non-hydrogen) atoms. The quantitative estimate of drug-likeness (QED) is 0.716. The number of rotatable bonds is 2. The second-order valence-electron chi connectivity index (χ2n) is 9.16. The molecule has 3 heterocycles. The topological polar surface area (TPSA) is 70.2 Å². The molecule has 1 aromatic carbocycles. The molecule has 2 aliphatic heterocycles. The van der Waals surface area contributed by atoms with Gasteiger partial charge in [-0.15, -0.1) is 11.8 Å². The fraction of sp³-hybridized carbons (Fsp3) is 0.500. The highest BCUT2D eigenvalue weighted by atomic mass is 32.2. The molecule has 1 N–H and O–H groups in total. The Morgan fingerprint density at radius 1 is 1.13 bits per heavy atom. The minimum atomic E-state index is -0.389. The Labute approximate surface area is 181 Å². The Morgan fingerprint density at radius 2 is 1.80 bits per heavy atom. The number of thioether (sulfide) groups is 1. The lowest BCUT2D eigenvalue weighted by molar-refractivity contribution is -0.123. The molecule has 0 radical (unpaired) electrons. The van der Waals surface area contributed by atoms with Crippen molar-refractivity contribution in [3.63, 3.8) is 0 Å². The number of thiazole rings is 1. The number of H-pyrrole nitrogens is 1. The second-order valence-corrected chi connectivity index (χ2v) is 11.3. The van der Waals surface area contributed by atoms with Crippen LogP contribution in [-0.2, 0) is 15.0 Å². The molecule has 2 aromatic rings. The van der Waals surface area contributed by atoms with Gasteiger partial charge >= 0.3 is 4.87 Å². The van der Waals surface area contributed by atoms with E-state index in [0.717, 1.165) is 22.7 Å². The first-order chi connectivity index (χ1) is 14.3. The van der Waals surface area contributed by atoms with E-state index in [1.807, 2.05) is 0 Å². The third-order valence-corrected chi connectivity index (χ3v) is 10.8. The number of fused-ring (bicyclic) bond motifs is 9. The van der Waals surface area contributed by atoms with Gasteiger partial charge < -0.3 is 4.98 Å². The Kier molecular flexibility index (Phi) is 3.80. The van der Waals surface area contributed by atoms with Crippen molar-refractivity contribution >= 4 is 40.6 Å². The normalized spacial score (nSPS) is 38.7. The van der Waals surface area contributed by atoms with Crippen LogP contribution in [0.4, 0.5) is 10.1 Å². The largest absolute Gasteiger partial charge is 0.307 e. The van der Waals surface area contributed by atoms with Crippen LogP contribution < -0.4 is 9.77 Å². The van der Waals surface area contributed by atoms with Crippen LogP contribution >= 0.6 is 23.1 Å². The van der Waals surface area contributed by atoms with E-state index in [-0.39, 0.29) is 62.8 Å². The van der Waals surface area contributed by atoms with E-state index in [0.29, 0.717) is 5.69 Å². The molecule has 1 aromatic heterocycles. The molecule has 2 aliphatic carbocycles. The fourth-order valence-electron chi connectivity index (χ4n) is 6.74. The first-order valence-corrected chi connectivity index (χ1v) is 12.1. The highest BCUT2D eigenvalue weighted by Gasteiger charge is 2.71. The van der Waals surface area contributed by atoms with Gasteiger partial charge in [-0.2, -0.15) is 0 Å². The van der Waals surface area contributed by atoms with Crippen molar-refractivity contribution in [3.05, 3.63) is 44.6 Å². The van der Waals surface area contributed by atoms with Crippen molar-refractivity contribution in [2.45, 2.75) is 42.4 Å². The maximum Gasteiger partial charge on any atom is 0.305 e. The van der Waals surface area contributed by atoms with E-state index in [4.69, 9.17) is 0 Å². The van der Waals surface area contributed by atoms with E-state index in [2.05, 4.69) is 18.8 Å². The highest BCUT2D eigenvalue weighted by Crippen LogP contribution is 2.69. The van der Waals surface area contributed by atoms with Crippen molar-refractivity contribution in [2.24, 2.45) is 29.6 Å². The summed E-state index contributed by atoms with van der Waals surface area (Å²) in [7, 11) is 0. The zero-order valence-corrected chi connectivity index (χ0v) is 18.2. The average molecular weight is 445 g/mol. The van der Waals surface area contributed by atoms with Crippen molar-refractivity contribution in [3.8, 4) is 0 Å². The zero-order chi connectivity index (χ0) is 20.9. The molecule has 2 amide bonds. The van der Waals surface area contributed by atoms with E-state index >= 15 is 0 Å². The monoisotopic (exact) mass is 444 g/mol. The summed E-state index contributed by atoms with van der Waals surface area (Å²) in [6.45, 7) is 4.37. The molecule has 4 aliphatic rings. The number of nitrogens with zero attached hydrogens (tertiary/aromatic N) is 1. The van der Waals surface area contributed by atoms with E-state index in [1.54, 1.807) is 11.8 Å². The SMILES string of the molecule is CC[C@@]1(C)c2sc(=O)[nH]c2S[C@@H]2[C@@H]3C[C@@H]([C@@H]4C(=O)N(c5ccc(F)cc5)C(=O)[C@@H]34)[C@@H]21. The number of benzene rings is 1. The van der Waals surface area contributed by atoms with E-state index < -0.39 is 0 Å². The second kappa shape index (κ2) is 6.07. The predicted octanol–water partition coefficient (Wildman–Crippen LogP) is 3.79. The van der Waals surface area contributed by atoms with Gasteiger partial charge in [-0.1, -0.05) is 25.2 Å². The minimum absolute atomic E-state index is 0.0330. The molecular weight excluding hydrogens is 423 g/mol. The van der Waals surface area contributed by atoms with Crippen molar-refractivity contribution in [1.82, 2.24) is 4.98 Å². The summed E-state index contributed by atoms with van der Waals surface area (Å²) in [4.78, 5) is 44.3. The molecule has 0 spiro atoms. The number of carbonyl (C=O) groups is 2. The first-order valence-electron chi connectivity index (χ1n) is 10.4. The summed E-state index contributed by atoms with van der Waals surface area (Å²) in [5.41, 5.74) is 0.282. The van der Waals surface area contributed by atoms with Crippen molar-refractivity contribution in [1.29, 1.82) is 0 Å². The molecule has 0 unspecified atom stereocenters. The maximum absolute atomic E-state index is 13.4. The van der Waals surface area contributed by atoms with Gasteiger partial charge in [0.15, 0.2) is 0 Å². The molecule has 3 fully saturated rings. The number of nitrogens with one attached hydrogen (secondary N) is 1. The number of halogens is 1. The van der Waals surface area contributed by atoms with Crippen LogP contribution in [-0.4, -0.2) is 22.0 Å². The molecule has 8 heteroatoms. The van der Waals surface area contributed by atoms with Crippen LogP contribution in [0.5, 0.6) is 0 Å². The Balaban J connectivity index is 1.43. The number of anilines is 1. The van der Waals surface area contributed by atoms with Gasteiger partial charge in [0.2, 0.25) is 11.8 Å². The number of imide groups is 1. The zero-order valence-electron chi connectivity index (χ0n) is 16.6. The van der Waals surface area contributed by atoms with Crippen LogP contribution in [0.1, 0.15) is 31.6 Å². The lowest BCUT2D eigenvalue weighted by Crippen LogP contribution is -2.49. The minimum Gasteiger partial charge on any atom is -0.307 e. The number of hydrogen-bond acceptors (Lipinski definition) is 5. The molecule has 7 atom stereocenters. The lowest BCUT2D eigenvalue weighted by Gasteiger charge is -2.48. The van der Waals surface area contributed by atoms with Crippen LogP contribution in [0.2, 0.25) is 0 Å². The van der Waals surface area contributed by atoms with Gasteiger partial charge in [0.05, 0.1) is 22.5 Å². The molecule has 2 saturated carbocycles. The third-order valence-electron chi connectivity index (χ3n) is 8.05. The Hall–Kier alpha value is -1.93. The fourth-order valence-corrected chi connectivity index (χ4v) is 9.93.